The van der Waals surface area contributed by atoms with Gasteiger partial charge in [0.05, 0.1) is 12.3 Å². The molecule has 1 aromatic heterocycles. The summed E-state index contributed by atoms with van der Waals surface area (Å²) in [5, 5.41) is 12.7. The van der Waals surface area contributed by atoms with E-state index in [9.17, 15) is 0 Å². The van der Waals surface area contributed by atoms with Crippen molar-refractivity contribution in [2.24, 2.45) is 5.16 Å². The highest BCUT2D eigenvalue weighted by Crippen LogP contribution is 2.14. The zero-order chi connectivity index (χ0) is 9.10. The Morgan fingerprint density at radius 3 is 3.08 bits per heavy atom. The second-order valence-corrected chi connectivity index (χ2v) is 2.87. The van der Waals surface area contributed by atoms with E-state index < -0.39 is 0 Å². The molecule has 4 nitrogen and oxygen atoms in total. The molecule has 1 aliphatic heterocycles. The van der Waals surface area contributed by atoms with Crippen LogP contribution in [0.3, 0.4) is 0 Å². The van der Waals surface area contributed by atoms with Crippen LogP contribution in [-0.2, 0) is 4.84 Å². The lowest BCUT2D eigenvalue weighted by Gasteiger charge is -2.00. The van der Waals surface area contributed by atoms with Crippen molar-refractivity contribution in [2.45, 2.75) is 12.5 Å². The molecule has 0 bridgehead atoms. The maximum absolute atomic E-state index is 8.81. The van der Waals surface area contributed by atoms with E-state index in [2.05, 4.69) is 10.1 Å². The van der Waals surface area contributed by atoms with Crippen LogP contribution in [0.5, 0.6) is 0 Å². The maximum Gasteiger partial charge on any atom is 0.156 e. The molecule has 13 heavy (non-hydrogen) atoms. The van der Waals surface area contributed by atoms with Gasteiger partial charge in [0.25, 0.3) is 0 Å². The fraction of sp³-hybridized carbons (Fsp3) is 0.333. The number of aliphatic hydroxyl groups excluding tert-OH is 1. The van der Waals surface area contributed by atoms with Crippen molar-refractivity contribution >= 4 is 5.71 Å². The van der Waals surface area contributed by atoms with E-state index in [0.29, 0.717) is 6.42 Å². The minimum absolute atomic E-state index is 0.000165. The molecule has 1 atom stereocenters. The van der Waals surface area contributed by atoms with Crippen molar-refractivity contribution in [1.82, 2.24) is 4.98 Å². The summed E-state index contributed by atoms with van der Waals surface area (Å²) in [7, 11) is 0. The van der Waals surface area contributed by atoms with Crippen LogP contribution in [0.1, 0.15) is 12.1 Å². The number of hydrogen-bond acceptors (Lipinski definition) is 4. The molecule has 0 unspecified atom stereocenters. The Morgan fingerprint density at radius 1 is 1.54 bits per heavy atom. The first-order chi connectivity index (χ1) is 6.40. The molecule has 0 aromatic carbocycles. The van der Waals surface area contributed by atoms with Gasteiger partial charge >= 0.3 is 0 Å². The van der Waals surface area contributed by atoms with E-state index in [1.54, 1.807) is 6.20 Å². The molecule has 0 aliphatic carbocycles. The topological polar surface area (TPSA) is 54.7 Å². The van der Waals surface area contributed by atoms with E-state index in [1.165, 1.54) is 0 Å². The van der Waals surface area contributed by atoms with Crippen LogP contribution in [0.15, 0.2) is 29.6 Å². The van der Waals surface area contributed by atoms with Crippen LogP contribution in [0.25, 0.3) is 0 Å². The van der Waals surface area contributed by atoms with Crippen LogP contribution in [-0.4, -0.2) is 28.5 Å². The molecule has 1 N–H and O–H groups in total. The molecule has 4 heteroatoms. The van der Waals surface area contributed by atoms with Crippen LogP contribution >= 0.6 is 0 Å². The average Bonchev–Trinajstić information content (AvgIpc) is 2.67. The summed E-state index contributed by atoms with van der Waals surface area (Å²) in [6.45, 7) is -0.000165. The van der Waals surface area contributed by atoms with Crippen LogP contribution < -0.4 is 0 Å². The highest BCUT2D eigenvalue weighted by Gasteiger charge is 2.21. The third-order valence-corrected chi connectivity index (χ3v) is 1.90. The van der Waals surface area contributed by atoms with Gasteiger partial charge in [-0.2, -0.15) is 0 Å². The van der Waals surface area contributed by atoms with Gasteiger partial charge < -0.3 is 9.94 Å². The smallest absolute Gasteiger partial charge is 0.156 e. The van der Waals surface area contributed by atoms with E-state index in [1.807, 2.05) is 18.2 Å². The van der Waals surface area contributed by atoms with E-state index in [0.717, 1.165) is 11.4 Å². The monoisotopic (exact) mass is 178 g/mol. The first kappa shape index (κ1) is 8.19. The lowest BCUT2D eigenvalue weighted by molar-refractivity contribution is 0.0390. The van der Waals surface area contributed by atoms with Crippen molar-refractivity contribution in [3.05, 3.63) is 30.1 Å². The number of aliphatic hydroxyl groups is 1. The van der Waals surface area contributed by atoms with Gasteiger partial charge in [-0.3, -0.25) is 4.98 Å². The van der Waals surface area contributed by atoms with Crippen molar-refractivity contribution in [1.29, 1.82) is 0 Å². The quantitative estimate of drug-likeness (QED) is 0.720. The van der Waals surface area contributed by atoms with Crippen molar-refractivity contribution in [3.63, 3.8) is 0 Å². The van der Waals surface area contributed by atoms with Gasteiger partial charge in [0, 0.05) is 12.6 Å². The largest absolute Gasteiger partial charge is 0.392 e. The summed E-state index contributed by atoms with van der Waals surface area (Å²) in [5.74, 6) is 0. The molecule has 1 aliphatic rings. The molecule has 0 radical (unpaired) electrons. The van der Waals surface area contributed by atoms with E-state index in [4.69, 9.17) is 9.94 Å². The van der Waals surface area contributed by atoms with Gasteiger partial charge in [-0.15, -0.1) is 0 Å². The Bertz CT molecular complexity index is 311. The molecule has 0 amide bonds. The first-order valence-corrected chi connectivity index (χ1v) is 4.15. The predicted molar refractivity (Wildman–Crippen MR) is 47.3 cm³/mol. The van der Waals surface area contributed by atoms with E-state index >= 15 is 0 Å². The van der Waals surface area contributed by atoms with Gasteiger partial charge in [-0.1, -0.05) is 11.2 Å². The predicted octanol–water partition coefficient (Wildman–Crippen LogP) is 0.567. The second kappa shape index (κ2) is 3.53. The Morgan fingerprint density at radius 2 is 2.46 bits per heavy atom. The maximum atomic E-state index is 8.81. The Kier molecular flexibility index (Phi) is 2.23. The number of oxime groups is 1. The minimum Gasteiger partial charge on any atom is -0.392 e. The van der Waals surface area contributed by atoms with Crippen molar-refractivity contribution in [2.75, 3.05) is 6.61 Å². The SMILES string of the molecule is OC[C@H]1CC(c2ccccn2)=NO1. The van der Waals surface area contributed by atoms with Gasteiger partial charge in [0.2, 0.25) is 0 Å². The molecule has 2 heterocycles. The third-order valence-electron chi connectivity index (χ3n) is 1.90. The van der Waals surface area contributed by atoms with Gasteiger partial charge in [-0.25, -0.2) is 0 Å². The molecular weight excluding hydrogens is 168 g/mol. The summed E-state index contributed by atoms with van der Waals surface area (Å²) < 4.78 is 0. The van der Waals surface area contributed by atoms with Crippen molar-refractivity contribution < 1.29 is 9.94 Å². The number of pyridine rings is 1. The second-order valence-electron chi connectivity index (χ2n) is 2.87. The molecule has 0 spiro atoms. The Balaban J connectivity index is 2.12. The van der Waals surface area contributed by atoms with Gasteiger partial charge in [-0.05, 0) is 12.1 Å². The summed E-state index contributed by atoms with van der Waals surface area (Å²) >= 11 is 0. The number of hydrogen-bond donors (Lipinski definition) is 1. The summed E-state index contributed by atoms with van der Waals surface area (Å²) in [4.78, 5) is 9.10. The van der Waals surface area contributed by atoms with Crippen LogP contribution in [0, 0.1) is 0 Å². The molecular formula is C9H10N2O2. The Labute approximate surface area is 75.9 Å². The molecule has 0 fully saturated rings. The highest BCUT2D eigenvalue weighted by molar-refractivity contribution is 5.99. The Hall–Kier alpha value is -1.42. The summed E-state index contributed by atoms with van der Waals surface area (Å²) in [6.07, 6.45) is 2.15. The number of aromatic nitrogens is 1. The standard InChI is InChI=1S/C9H10N2O2/c12-6-7-5-9(11-13-7)8-3-1-2-4-10-8/h1-4,7,12H,5-6H2/t7-/m1/s1. The number of rotatable bonds is 2. The average molecular weight is 178 g/mol. The normalized spacial score (nSPS) is 21.0. The fourth-order valence-corrected chi connectivity index (χ4v) is 1.21. The summed E-state index contributed by atoms with van der Waals surface area (Å²) in [6, 6.07) is 5.63. The van der Waals surface area contributed by atoms with Crippen LogP contribution in [0.4, 0.5) is 0 Å². The highest BCUT2D eigenvalue weighted by atomic mass is 16.6. The molecule has 0 saturated heterocycles. The molecule has 2 rings (SSSR count). The van der Waals surface area contributed by atoms with Crippen molar-refractivity contribution in [3.8, 4) is 0 Å². The summed E-state index contributed by atoms with van der Waals surface area (Å²) in [5.41, 5.74) is 1.62. The van der Waals surface area contributed by atoms with Crippen LogP contribution in [0.2, 0.25) is 0 Å². The third kappa shape index (κ3) is 1.67. The molecule has 1 aromatic rings. The first-order valence-electron chi connectivity index (χ1n) is 4.15. The molecule has 68 valence electrons. The zero-order valence-electron chi connectivity index (χ0n) is 7.05. The fourth-order valence-electron chi connectivity index (χ4n) is 1.21. The van der Waals surface area contributed by atoms with Gasteiger partial charge in [0.1, 0.15) is 5.71 Å². The van der Waals surface area contributed by atoms with Gasteiger partial charge in [0.15, 0.2) is 6.10 Å². The molecule has 0 saturated carbocycles. The zero-order valence-corrected chi connectivity index (χ0v) is 7.05. The lowest BCUT2D eigenvalue weighted by Crippen LogP contribution is -2.13. The number of nitrogens with zero attached hydrogens (tertiary/aromatic N) is 2. The lowest BCUT2D eigenvalue weighted by atomic mass is 10.1. The van der Waals surface area contributed by atoms with E-state index in [-0.39, 0.29) is 12.7 Å². The minimum atomic E-state index is -0.197.